The van der Waals surface area contributed by atoms with Gasteiger partial charge in [0.2, 0.25) is 11.8 Å². The van der Waals surface area contributed by atoms with Gasteiger partial charge in [-0.3, -0.25) is 9.59 Å². The van der Waals surface area contributed by atoms with Gasteiger partial charge in [-0.25, -0.2) is 4.39 Å². The summed E-state index contributed by atoms with van der Waals surface area (Å²) < 4.78 is 13.7. The zero-order valence-corrected chi connectivity index (χ0v) is 18.7. The molecule has 1 unspecified atom stereocenters. The number of benzene rings is 2. The Hall–Kier alpha value is -2.99. The van der Waals surface area contributed by atoms with Crippen LogP contribution in [0.3, 0.4) is 0 Å². The van der Waals surface area contributed by atoms with Gasteiger partial charge in [-0.2, -0.15) is 0 Å². The van der Waals surface area contributed by atoms with E-state index >= 15 is 0 Å². The summed E-state index contributed by atoms with van der Waals surface area (Å²) in [6.07, 6.45) is 4.31. The number of nitrogens with zero attached hydrogens (tertiary/aromatic N) is 1. The molecule has 0 spiro atoms. The molecule has 3 aromatic rings. The highest BCUT2D eigenvalue weighted by Gasteiger charge is 2.33. The summed E-state index contributed by atoms with van der Waals surface area (Å²) in [6.45, 7) is 0.297. The van der Waals surface area contributed by atoms with Crippen molar-refractivity contribution in [1.29, 1.82) is 0 Å². The minimum atomic E-state index is -0.830. The Labute approximate surface area is 192 Å². The molecule has 4 nitrogen and oxygen atoms in total. The Morgan fingerprint density at radius 2 is 1.72 bits per heavy atom. The fourth-order valence-electron chi connectivity index (χ4n) is 4.24. The molecule has 166 valence electrons. The third kappa shape index (κ3) is 5.62. The number of carbonyl (C=O) groups is 2. The van der Waals surface area contributed by atoms with E-state index in [1.165, 1.54) is 23.5 Å². The number of rotatable bonds is 8. The first kappa shape index (κ1) is 22.2. The summed E-state index contributed by atoms with van der Waals surface area (Å²) in [6, 6.07) is 18.7. The third-order valence-electron chi connectivity index (χ3n) is 5.87. The number of nitrogens with one attached hydrogen (secondary N) is 1. The fourth-order valence-corrected chi connectivity index (χ4v) is 4.93. The van der Waals surface area contributed by atoms with E-state index in [1.807, 2.05) is 47.8 Å². The lowest BCUT2D eigenvalue weighted by Crippen LogP contribution is -2.46. The molecule has 1 aliphatic carbocycles. The number of thiophene rings is 1. The van der Waals surface area contributed by atoms with Gasteiger partial charge in [0.05, 0.1) is 6.42 Å². The monoisotopic (exact) mass is 450 g/mol. The van der Waals surface area contributed by atoms with Crippen molar-refractivity contribution in [3.05, 3.63) is 93.9 Å². The zero-order chi connectivity index (χ0) is 22.3. The van der Waals surface area contributed by atoms with Gasteiger partial charge in [-0.1, -0.05) is 61.4 Å². The predicted molar refractivity (Wildman–Crippen MR) is 125 cm³/mol. The molecule has 0 saturated heterocycles. The molecule has 1 N–H and O–H groups in total. The maximum Gasteiger partial charge on any atom is 0.247 e. The highest BCUT2D eigenvalue weighted by atomic mass is 32.1. The first-order chi connectivity index (χ1) is 15.6. The minimum absolute atomic E-state index is 0.122. The van der Waals surface area contributed by atoms with Gasteiger partial charge in [-0.15, -0.1) is 11.3 Å². The van der Waals surface area contributed by atoms with Crippen LogP contribution in [0.5, 0.6) is 0 Å². The van der Waals surface area contributed by atoms with Crippen molar-refractivity contribution in [2.45, 2.75) is 50.7 Å². The van der Waals surface area contributed by atoms with Gasteiger partial charge in [0.15, 0.2) is 0 Å². The Balaban J connectivity index is 1.68. The predicted octanol–water partition coefficient (Wildman–Crippen LogP) is 5.26. The van der Waals surface area contributed by atoms with Gasteiger partial charge < -0.3 is 10.2 Å². The van der Waals surface area contributed by atoms with E-state index in [-0.39, 0.29) is 30.1 Å². The largest absolute Gasteiger partial charge is 0.351 e. The van der Waals surface area contributed by atoms with Crippen molar-refractivity contribution >= 4 is 23.2 Å². The van der Waals surface area contributed by atoms with Gasteiger partial charge in [0.1, 0.15) is 11.9 Å². The second kappa shape index (κ2) is 10.6. The second-order valence-corrected chi connectivity index (χ2v) is 9.24. The van der Waals surface area contributed by atoms with Crippen molar-refractivity contribution < 1.29 is 14.0 Å². The molecular formula is C26H27FN2O2S. The minimum Gasteiger partial charge on any atom is -0.351 e. The molecule has 1 fully saturated rings. The summed E-state index contributed by atoms with van der Waals surface area (Å²) in [5.74, 6) is -0.714. The van der Waals surface area contributed by atoms with Crippen molar-refractivity contribution in [3.8, 4) is 0 Å². The highest BCUT2D eigenvalue weighted by molar-refractivity contribution is 7.10. The van der Waals surface area contributed by atoms with E-state index in [0.29, 0.717) is 12.1 Å². The van der Waals surface area contributed by atoms with Crippen LogP contribution in [-0.2, 0) is 22.6 Å². The van der Waals surface area contributed by atoms with Crippen LogP contribution in [0.1, 0.15) is 47.7 Å². The fraction of sp³-hybridized carbons (Fsp3) is 0.308. The van der Waals surface area contributed by atoms with Gasteiger partial charge in [0.25, 0.3) is 0 Å². The Kier molecular flexibility index (Phi) is 7.32. The van der Waals surface area contributed by atoms with E-state index in [1.54, 1.807) is 17.0 Å². The number of hydrogen-bond acceptors (Lipinski definition) is 3. The second-order valence-electron chi connectivity index (χ2n) is 8.21. The standard InChI is InChI=1S/C26H27FN2O2S/c27-21-14-12-20(13-15-21)25(26(31)28-22-9-4-5-10-22)29(18-19-7-2-1-3-8-19)24(30)17-23-11-6-16-32-23/h1-3,6-8,11-16,22,25H,4-5,9-10,17-18H2,(H,28,31). The van der Waals surface area contributed by atoms with E-state index in [4.69, 9.17) is 0 Å². The Bertz CT molecular complexity index is 1020. The van der Waals surface area contributed by atoms with Crippen LogP contribution in [0.25, 0.3) is 0 Å². The average Bonchev–Trinajstić information content (AvgIpc) is 3.50. The summed E-state index contributed by atoms with van der Waals surface area (Å²) in [5.41, 5.74) is 1.55. The molecule has 2 amide bonds. The number of amides is 2. The average molecular weight is 451 g/mol. The van der Waals surface area contributed by atoms with Crippen molar-refractivity contribution in [2.75, 3.05) is 0 Å². The Morgan fingerprint density at radius 1 is 1.00 bits per heavy atom. The van der Waals surface area contributed by atoms with Crippen LogP contribution in [0, 0.1) is 5.82 Å². The normalized spacial score (nSPS) is 14.8. The van der Waals surface area contributed by atoms with Crippen LogP contribution < -0.4 is 5.32 Å². The van der Waals surface area contributed by atoms with Crippen LogP contribution >= 0.6 is 11.3 Å². The molecule has 2 aromatic carbocycles. The van der Waals surface area contributed by atoms with Crippen molar-refractivity contribution in [3.63, 3.8) is 0 Å². The van der Waals surface area contributed by atoms with Crippen molar-refractivity contribution in [1.82, 2.24) is 10.2 Å². The molecule has 32 heavy (non-hydrogen) atoms. The van der Waals surface area contributed by atoms with Gasteiger partial charge in [-0.05, 0) is 47.5 Å². The molecule has 1 aromatic heterocycles. The smallest absolute Gasteiger partial charge is 0.247 e. The first-order valence-corrected chi connectivity index (χ1v) is 11.9. The van der Waals surface area contributed by atoms with E-state index in [9.17, 15) is 14.0 Å². The lowest BCUT2D eigenvalue weighted by Gasteiger charge is -2.32. The molecule has 0 bridgehead atoms. The summed E-state index contributed by atoms with van der Waals surface area (Å²) in [7, 11) is 0. The SMILES string of the molecule is O=C(NC1CCCC1)C(c1ccc(F)cc1)N(Cc1ccccc1)C(=O)Cc1cccs1. The van der Waals surface area contributed by atoms with E-state index < -0.39 is 6.04 Å². The maximum absolute atomic E-state index is 13.7. The maximum atomic E-state index is 13.7. The van der Waals surface area contributed by atoms with Crippen LogP contribution in [0.15, 0.2) is 72.1 Å². The summed E-state index contributed by atoms with van der Waals surface area (Å²) in [5, 5.41) is 5.09. The number of hydrogen-bond donors (Lipinski definition) is 1. The molecule has 1 heterocycles. The molecule has 0 aliphatic heterocycles. The molecular weight excluding hydrogens is 423 g/mol. The topological polar surface area (TPSA) is 49.4 Å². The lowest BCUT2D eigenvalue weighted by molar-refractivity contribution is -0.141. The number of carbonyl (C=O) groups excluding carboxylic acids is 2. The molecule has 1 saturated carbocycles. The zero-order valence-electron chi connectivity index (χ0n) is 17.9. The van der Waals surface area contributed by atoms with E-state index in [0.717, 1.165) is 36.1 Å². The van der Waals surface area contributed by atoms with Gasteiger partial charge in [0, 0.05) is 17.5 Å². The molecule has 1 aliphatic rings. The summed E-state index contributed by atoms with van der Waals surface area (Å²) >= 11 is 1.52. The molecule has 6 heteroatoms. The molecule has 0 radical (unpaired) electrons. The van der Waals surface area contributed by atoms with Crippen LogP contribution in [0.2, 0.25) is 0 Å². The van der Waals surface area contributed by atoms with E-state index in [2.05, 4.69) is 5.32 Å². The number of halogens is 1. The van der Waals surface area contributed by atoms with Crippen LogP contribution in [0.4, 0.5) is 4.39 Å². The lowest BCUT2D eigenvalue weighted by atomic mass is 10.0. The molecule has 1 atom stereocenters. The Morgan fingerprint density at radius 3 is 2.38 bits per heavy atom. The first-order valence-electron chi connectivity index (χ1n) is 11.0. The van der Waals surface area contributed by atoms with Crippen LogP contribution in [-0.4, -0.2) is 22.8 Å². The highest BCUT2D eigenvalue weighted by Crippen LogP contribution is 2.27. The quantitative estimate of drug-likeness (QED) is 0.509. The van der Waals surface area contributed by atoms with Crippen molar-refractivity contribution in [2.24, 2.45) is 0 Å². The summed E-state index contributed by atoms with van der Waals surface area (Å²) in [4.78, 5) is 29.6. The molecule has 4 rings (SSSR count). The third-order valence-corrected chi connectivity index (χ3v) is 6.75. The van der Waals surface area contributed by atoms with Gasteiger partial charge >= 0.3 is 0 Å².